The van der Waals surface area contributed by atoms with Crippen molar-refractivity contribution in [3.05, 3.63) is 18.6 Å². The summed E-state index contributed by atoms with van der Waals surface area (Å²) in [7, 11) is 0. The van der Waals surface area contributed by atoms with Crippen molar-refractivity contribution >= 4 is 11.6 Å². The molecule has 0 bridgehead atoms. The highest BCUT2D eigenvalue weighted by Gasteiger charge is 2.30. The van der Waals surface area contributed by atoms with Crippen LogP contribution >= 0.6 is 0 Å². The first kappa shape index (κ1) is 18.3. The van der Waals surface area contributed by atoms with E-state index >= 15 is 0 Å². The van der Waals surface area contributed by atoms with E-state index in [1.807, 2.05) is 6.92 Å². The average molecular weight is 356 g/mol. The van der Waals surface area contributed by atoms with E-state index in [1.165, 1.54) is 6.20 Å². The van der Waals surface area contributed by atoms with Gasteiger partial charge in [0.15, 0.2) is 0 Å². The fourth-order valence-corrected chi connectivity index (χ4v) is 3.60. The minimum absolute atomic E-state index is 0.0221. The van der Waals surface area contributed by atoms with E-state index in [2.05, 4.69) is 26.5 Å². The van der Waals surface area contributed by atoms with E-state index in [0.29, 0.717) is 24.9 Å². The van der Waals surface area contributed by atoms with Gasteiger partial charge >= 0.3 is 0 Å². The molecule has 8 nitrogen and oxygen atoms in total. The van der Waals surface area contributed by atoms with Crippen molar-refractivity contribution in [2.45, 2.75) is 51.1 Å². The number of carbonyl (C=O) groups is 1. The van der Waals surface area contributed by atoms with Gasteiger partial charge in [0.2, 0.25) is 5.91 Å². The average Bonchev–Trinajstić information content (AvgIpc) is 3.34. The number of carbonyl (C=O) groups excluding carboxylic acids is 1. The third kappa shape index (κ3) is 4.55. The Labute approximate surface area is 153 Å². The molecule has 2 fully saturated rings. The fourth-order valence-electron chi connectivity index (χ4n) is 3.60. The molecule has 8 heteroatoms. The van der Waals surface area contributed by atoms with Gasteiger partial charge in [-0.1, -0.05) is 5.16 Å². The van der Waals surface area contributed by atoms with E-state index in [9.17, 15) is 4.79 Å². The lowest BCUT2D eigenvalue weighted by Crippen LogP contribution is -2.43. The summed E-state index contributed by atoms with van der Waals surface area (Å²) in [6.07, 6.45) is 9.30. The number of amides is 1. The zero-order chi connectivity index (χ0) is 18.4. The molecule has 2 heterocycles. The highest BCUT2D eigenvalue weighted by atomic mass is 16.6. The molecule has 1 saturated carbocycles. The Balaban J connectivity index is 1.43. The molecule has 1 amide bonds. The molecule has 1 aliphatic heterocycles. The molecule has 2 aliphatic rings. The van der Waals surface area contributed by atoms with Gasteiger partial charge in [-0.3, -0.25) is 9.78 Å². The molecular formula is C18H24N6O2. The highest BCUT2D eigenvalue weighted by Crippen LogP contribution is 2.27. The van der Waals surface area contributed by atoms with Crippen LogP contribution in [0.4, 0.5) is 0 Å². The number of rotatable bonds is 6. The van der Waals surface area contributed by atoms with Crippen molar-refractivity contribution in [2.75, 3.05) is 13.1 Å². The number of likely N-dealkylation sites (tertiary alicyclic amines) is 1. The lowest BCUT2D eigenvalue weighted by atomic mass is 10.0. The third-order valence-corrected chi connectivity index (χ3v) is 5.11. The Kier molecular flexibility index (Phi) is 6.12. The second-order valence-electron chi connectivity index (χ2n) is 6.83. The predicted molar refractivity (Wildman–Crippen MR) is 95.2 cm³/mol. The monoisotopic (exact) mass is 356 g/mol. The van der Waals surface area contributed by atoms with Gasteiger partial charge in [0.05, 0.1) is 24.5 Å². The molecule has 3 rings (SSSR count). The molecule has 1 aliphatic carbocycles. The van der Waals surface area contributed by atoms with Crippen molar-refractivity contribution in [3.8, 4) is 11.9 Å². The molecule has 3 atom stereocenters. The van der Waals surface area contributed by atoms with Crippen molar-refractivity contribution in [1.29, 1.82) is 5.26 Å². The number of oxime groups is 1. The van der Waals surface area contributed by atoms with E-state index in [-0.39, 0.29) is 18.0 Å². The summed E-state index contributed by atoms with van der Waals surface area (Å²) >= 11 is 0. The van der Waals surface area contributed by atoms with Gasteiger partial charge in [-0.05, 0) is 39.0 Å². The van der Waals surface area contributed by atoms with Crippen molar-refractivity contribution in [2.24, 2.45) is 11.1 Å². The Bertz CT molecular complexity index is 687. The number of nitrogens with one attached hydrogen (secondary N) is 1. The first-order valence-corrected chi connectivity index (χ1v) is 9.07. The van der Waals surface area contributed by atoms with Crippen LogP contribution in [0.3, 0.4) is 0 Å². The van der Waals surface area contributed by atoms with Crippen LogP contribution < -0.4 is 10.2 Å². The van der Waals surface area contributed by atoms with Crippen LogP contribution in [0.5, 0.6) is 5.88 Å². The molecule has 0 aromatic carbocycles. The molecule has 138 valence electrons. The standard InChI is InChI=1S/C18H24N6O2/c1-13(23-26-17-11-20-6-7-21-17)14-4-5-15(9-14)22-12-18(25)24-8-2-3-16(24)10-19/h6-7,11,14-16,22H,2-5,8-9,12H2,1H3/b23-13+/t14-,15+,16+/m1/s1. The molecule has 0 radical (unpaired) electrons. The van der Waals surface area contributed by atoms with Gasteiger partial charge in [-0.2, -0.15) is 5.26 Å². The summed E-state index contributed by atoms with van der Waals surface area (Å²) in [6, 6.07) is 2.24. The maximum atomic E-state index is 12.3. The van der Waals surface area contributed by atoms with Crippen LogP contribution in [0.1, 0.15) is 39.0 Å². The summed E-state index contributed by atoms with van der Waals surface area (Å²) in [5.74, 6) is 0.731. The molecule has 1 aromatic heterocycles. The van der Waals surface area contributed by atoms with Crippen LogP contribution in [0.25, 0.3) is 0 Å². The number of aromatic nitrogens is 2. The lowest BCUT2D eigenvalue weighted by molar-refractivity contribution is -0.130. The Hall–Kier alpha value is -2.53. The molecule has 1 aromatic rings. The van der Waals surface area contributed by atoms with Gasteiger partial charge < -0.3 is 15.1 Å². The Morgan fingerprint density at radius 3 is 3.12 bits per heavy atom. The number of hydrogen-bond donors (Lipinski definition) is 1. The second kappa shape index (κ2) is 8.72. The van der Waals surface area contributed by atoms with Gasteiger partial charge in [0, 0.05) is 30.9 Å². The summed E-state index contributed by atoms with van der Waals surface area (Å²) in [4.78, 5) is 27.3. The summed E-state index contributed by atoms with van der Waals surface area (Å²) in [5, 5.41) is 16.6. The van der Waals surface area contributed by atoms with Gasteiger partial charge in [0.1, 0.15) is 6.04 Å². The SMILES string of the molecule is C/C(=N\Oc1cnccn1)[C@@H]1CC[C@H](NCC(=O)N2CCC[C@H]2C#N)C1. The maximum Gasteiger partial charge on any atom is 0.267 e. The van der Waals surface area contributed by atoms with E-state index in [0.717, 1.165) is 37.8 Å². The van der Waals surface area contributed by atoms with Crippen molar-refractivity contribution in [1.82, 2.24) is 20.2 Å². The van der Waals surface area contributed by atoms with E-state index in [4.69, 9.17) is 10.1 Å². The smallest absolute Gasteiger partial charge is 0.267 e. The predicted octanol–water partition coefficient (Wildman–Crippen LogP) is 1.50. The normalized spacial score (nSPS) is 25.9. The molecule has 1 N–H and O–H groups in total. The summed E-state index contributed by atoms with van der Waals surface area (Å²) in [6.45, 7) is 2.94. The Morgan fingerprint density at radius 2 is 2.35 bits per heavy atom. The maximum absolute atomic E-state index is 12.3. The molecular weight excluding hydrogens is 332 g/mol. The topological polar surface area (TPSA) is 104 Å². The lowest BCUT2D eigenvalue weighted by Gasteiger charge is -2.21. The van der Waals surface area contributed by atoms with E-state index < -0.39 is 0 Å². The number of hydrogen-bond acceptors (Lipinski definition) is 7. The van der Waals surface area contributed by atoms with Crippen LogP contribution in [0, 0.1) is 17.2 Å². The van der Waals surface area contributed by atoms with Crippen molar-refractivity contribution < 1.29 is 9.63 Å². The second-order valence-corrected chi connectivity index (χ2v) is 6.83. The number of nitriles is 1. The van der Waals surface area contributed by atoms with Crippen LogP contribution in [-0.4, -0.2) is 51.7 Å². The fraction of sp³-hybridized carbons (Fsp3) is 0.611. The van der Waals surface area contributed by atoms with Gasteiger partial charge in [-0.15, -0.1) is 0 Å². The third-order valence-electron chi connectivity index (χ3n) is 5.11. The quantitative estimate of drug-likeness (QED) is 0.612. The molecule has 0 spiro atoms. The van der Waals surface area contributed by atoms with Crippen LogP contribution in [0.2, 0.25) is 0 Å². The summed E-state index contributed by atoms with van der Waals surface area (Å²) < 4.78 is 0. The highest BCUT2D eigenvalue weighted by molar-refractivity contribution is 5.84. The van der Waals surface area contributed by atoms with Crippen molar-refractivity contribution in [3.63, 3.8) is 0 Å². The van der Waals surface area contributed by atoms with Crippen LogP contribution in [0.15, 0.2) is 23.7 Å². The largest absolute Gasteiger partial charge is 0.335 e. The minimum Gasteiger partial charge on any atom is -0.335 e. The minimum atomic E-state index is -0.256. The zero-order valence-corrected chi connectivity index (χ0v) is 15.0. The Morgan fingerprint density at radius 1 is 1.46 bits per heavy atom. The molecule has 1 saturated heterocycles. The van der Waals surface area contributed by atoms with Gasteiger partial charge in [0.25, 0.3) is 5.88 Å². The van der Waals surface area contributed by atoms with E-state index in [1.54, 1.807) is 17.3 Å². The molecule has 26 heavy (non-hydrogen) atoms. The molecule has 0 unspecified atom stereocenters. The van der Waals surface area contributed by atoms with Gasteiger partial charge in [-0.25, -0.2) is 4.98 Å². The summed E-state index contributed by atoms with van der Waals surface area (Å²) in [5.41, 5.74) is 0.926. The number of nitrogens with zero attached hydrogens (tertiary/aromatic N) is 5. The zero-order valence-electron chi connectivity index (χ0n) is 15.0. The van der Waals surface area contributed by atoms with Crippen LogP contribution in [-0.2, 0) is 4.79 Å². The first-order valence-electron chi connectivity index (χ1n) is 9.07. The first-order chi connectivity index (χ1) is 12.7.